The summed E-state index contributed by atoms with van der Waals surface area (Å²) < 4.78 is 0. The number of carboxylic acids is 1. The molecule has 0 saturated heterocycles. The van der Waals surface area contributed by atoms with Crippen molar-refractivity contribution in [2.24, 2.45) is 4.99 Å². The van der Waals surface area contributed by atoms with E-state index in [0.717, 1.165) is 12.8 Å². The van der Waals surface area contributed by atoms with Crippen molar-refractivity contribution in [1.29, 1.82) is 0 Å². The van der Waals surface area contributed by atoms with Gasteiger partial charge in [0.1, 0.15) is 6.04 Å². The topological polar surface area (TPSA) is 108 Å². The Balaban J connectivity index is 2.41. The van der Waals surface area contributed by atoms with Gasteiger partial charge >= 0.3 is 5.97 Å². The van der Waals surface area contributed by atoms with Gasteiger partial charge in [-0.2, -0.15) is 0 Å². The van der Waals surface area contributed by atoms with E-state index < -0.39 is 17.9 Å². The number of nitrogens with zero attached hydrogens (tertiary/aromatic N) is 1. The first-order valence-corrected chi connectivity index (χ1v) is 7.03. The van der Waals surface area contributed by atoms with Gasteiger partial charge in [0.15, 0.2) is 0 Å². The normalized spacial score (nSPS) is 15.0. The number of carbonyl (C=O) groups is 3. The Morgan fingerprint density at radius 1 is 1.33 bits per heavy atom. The first kappa shape index (κ1) is 16.9. The molecule has 3 N–H and O–H groups in total. The molecule has 21 heavy (non-hydrogen) atoms. The van der Waals surface area contributed by atoms with Crippen LogP contribution in [0.25, 0.3) is 0 Å². The van der Waals surface area contributed by atoms with Gasteiger partial charge in [-0.15, -0.1) is 0 Å². The van der Waals surface area contributed by atoms with Crippen molar-refractivity contribution in [3.8, 4) is 0 Å². The predicted octanol–water partition coefficient (Wildman–Crippen LogP) is 0.611. The average Bonchev–Trinajstić information content (AvgIpc) is 2.47. The van der Waals surface area contributed by atoms with E-state index in [1.165, 1.54) is 0 Å². The van der Waals surface area contributed by atoms with E-state index in [0.29, 0.717) is 12.1 Å². The van der Waals surface area contributed by atoms with Gasteiger partial charge in [0.05, 0.1) is 0 Å². The molecule has 1 unspecified atom stereocenters. The maximum Gasteiger partial charge on any atom is 0.326 e. The number of rotatable bonds is 8. The summed E-state index contributed by atoms with van der Waals surface area (Å²) in [5.74, 6) is -1.64. The van der Waals surface area contributed by atoms with Crippen molar-refractivity contribution >= 4 is 24.0 Å². The van der Waals surface area contributed by atoms with Gasteiger partial charge in [-0.05, 0) is 12.8 Å². The predicted molar refractivity (Wildman–Crippen MR) is 77.9 cm³/mol. The maximum atomic E-state index is 11.7. The summed E-state index contributed by atoms with van der Waals surface area (Å²) in [7, 11) is 0. The van der Waals surface area contributed by atoms with Crippen molar-refractivity contribution in [1.82, 2.24) is 10.6 Å². The van der Waals surface area contributed by atoms with E-state index in [4.69, 9.17) is 5.11 Å². The molecule has 2 amide bonds. The first-order valence-electron chi connectivity index (χ1n) is 7.03. The van der Waals surface area contributed by atoms with E-state index >= 15 is 0 Å². The number of aliphatic carboxylic acids is 1. The van der Waals surface area contributed by atoms with E-state index in [1.54, 1.807) is 13.1 Å². The molecular formula is C14H21N3O4. The van der Waals surface area contributed by atoms with Gasteiger partial charge in [0.2, 0.25) is 11.8 Å². The summed E-state index contributed by atoms with van der Waals surface area (Å²) in [6.07, 6.45) is 5.88. The van der Waals surface area contributed by atoms with Crippen molar-refractivity contribution in [3.63, 3.8) is 0 Å². The van der Waals surface area contributed by atoms with Crippen LogP contribution in [0.1, 0.15) is 39.0 Å². The van der Waals surface area contributed by atoms with Crippen LogP contribution in [0.15, 0.2) is 16.8 Å². The molecule has 0 bridgehead atoms. The van der Waals surface area contributed by atoms with Crippen LogP contribution >= 0.6 is 0 Å². The first-order chi connectivity index (χ1) is 10.0. The standard InChI is InChI=1S/C14H21N3O4/c1-2-12(18)16-8-6-13(19)17-11(14(20)21)9-10-5-3-4-7-15-10/h5,7,11H,2-4,6,8-9H2,1H3,(H,16,18)(H,17,19)(H,20,21). The minimum absolute atomic E-state index is 0.0534. The zero-order valence-electron chi connectivity index (χ0n) is 12.1. The Morgan fingerprint density at radius 2 is 2.10 bits per heavy atom. The molecular weight excluding hydrogens is 274 g/mol. The van der Waals surface area contributed by atoms with Crippen LogP contribution < -0.4 is 10.6 Å². The van der Waals surface area contributed by atoms with Crippen molar-refractivity contribution < 1.29 is 19.5 Å². The minimum atomic E-state index is -1.09. The van der Waals surface area contributed by atoms with Crippen molar-refractivity contribution in [2.75, 3.05) is 6.54 Å². The fraction of sp³-hybridized carbons (Fsp3) is 0.571. The van der Waals surface area contributed by atoms with Crippen LogP contribution in [0.3, 0.4) is 0 Å². The second-order valence-electron chi connectivity index (χ2n) is 4.70. The molecule has 0 spiro atoms. The Bertz CT molecular complexity index is 457. The van der Waals surface area contributed by atoms with E-state index in [9.17, 15) is 14.4 Å². The lowest BCUT2D eigenvalue weighted by atomic mass is 10.1. The van der Waals surface area contributed by atoms with Gasteiger partial charge in [0.25, 0.3) is 0 Å². The molecule has 7 nitrogen and oxygen atoms in total. The second-order valence-corrected chi connectivity index (χ2v) is 4.70. The van der Waals surface area contributed by atoms with Crippen LogP contribution in [-0.4, -0.2) is 41.7 Å². The summed E-state index contributed by atoms with van der Waals surface area (Å²) in [6.45, 7) is 1.92. The lowest BCUT2D eigenvalue weighted by Gasteiger charge is -2.16. The van der Waals surface area contributed by atoms with Gasteiger partial charge < -0.3 is 15.7 Å². The summed E-state index contributed by atoms with van der Waals surface area (Å²) in [5.41, 5.74) is 0.674. The molecule has 1 aliphatic heterocycles. The van der Waals surface area contributed by atoms with Gasteiger partial charge in [0, 0.05) is 37.7 Å². The summed E-state index contributed by atoms with van der Waals surface area (Å²) >= 11 is 0. The highest BCUT2D eigenvalue weighted by atomic mass is 16.4. The summed E-state index contributed by atoms with van der Waals surface area (Å²) in [5, 5.41) is 14.2. The smallest absolute Gasteiger partial charge is 0.326 e. The Labute approximate surface area is 123 Å². The number of hydrogen-bond donors (Lipinski definition) is 3. The molecule has 1 atom stereocenters. The maximum absolute atomic E-state index is 11.7. The molecule has 0 saturated carbocycles. The number of amides is 2. The lowest BCUT2D eigenvalue weighted by molar-refractivity contribution is -0.141. The Hall–Kier alpha value is -2.18. The quantitative estimate of drug-likeness (QED) is 0.609. The Morgan fingerprint density at radius 3 is 2.67 bits per heavy atom. The molecule has 0 aromatic heterocycles. The molecule has 0 aromatic carbocycles. The monoisotopic (exact) mass is 295 g/mol. The van der Waals surface area contributed by atoms with Crippen LogP contribution in [0.2, 0.25) is 0 Å². The highest BCUT2D eigenvalue weighted by Crippen LogP contribution is 2.13. The third-order valence-electron chi connectivity index (χ3n) is 2.97. The SMILES string of the molecule is CCC(=O)NCCC(=O)NC(CC1=CCCC=N1)C(=O)O. The average molecular weight is 295 g/mol. The molecule has 0 fully saturated rings. The van der Waals surface area contributed by atoms with Crippen LogP contribution in [0.4, 0.5) is 0 Å². The highest BCUT2D eigenvalue weighted by Gasteiger charge is 2.21. The summed E-state index contributed by atoms with van der Waals surface area (Å²) in [4.78, 5) is 38.0. The lowest BCUT2D eigenvalue weighted by Crippen LogP contribution is -2.42. The van der Waals surface area contributed by atoms with Crippen molar-refractivity contribution in [3.05, 3.63) is 11.8 Å². The zero-order chi connectivity index (χ0) is 15.7. The van der Waals surface area contributed by atoms with E-state index in [-0.39, 0.29) is 25.3 Å². The molecule has 0 aromatic rings. The van der Waals surface area contributed by atoms with Crippen LogP contribution in [0.5, 0.6) is 0 Å². The fourth-order valence-corrected chi connectivity index (χ4v) is 1.81. The number of allylic oxidation sites excluding steroid dienone is 1. The minimum Gasteiger partial charge on any atom is -0.480 e. The van der Waals surface area contributed by atoms with Gasteiger partial charge in [-0.25, -0.2) is 4.79 Å². The van der Waals surface area contributed by atoms with Gasteiger partial charge in [-0.3, -0.25) is 14.6 Å². The molecule has 0 aliphatic carbocycles. The highest BCUT2D eigenvalue weighted by molar-refractivity contribution is 5.84. The molecule has 1 aliphatic rings. The molecule has 116 valence electrons. The number of aliphatic imine (C=N–C) groups is 1. The molecule has 7 heteroatoms. The molecule has 0 radical (unpaired) electrons. The van der Waals surface area contributed by atoms with Gasteiger partial charge in [-0.1, -0.05) is 13.0 Å². The van der Waals surface area contributed by atoms with E-state index in [1.807, 2.05) is 6.08 Å². The number of carboxylic acid groups (broad SMARTS) is 1. The number of hydrogen-bond acceptors (Lipinski definition) is 4. The fourth-order valence-electron chi connectivity index (χ4n) is 1.81. The third-order valence-corrected chi connectivity index (χ3v) is 2.97. The van der Waals surface area contributed by atoms with Crippen molar-refractivity contribution in [2.45, 2.75) is 45.1 Å². The summed E-state index contributed by atoms with van der Waals surface area (Å²) in [6, 6.07) is -0.999. The third kappa shape index (κ3) is 6.69. The second kappa shape index (κ2) is 8.89. The van der Waals surface area contributed by atoms with Crippen LogP contribution in [0, 0.1) is 0 Å². The van der Waals surface area contributed by atoms with E-state index in [2.05, 4.69) is 15.6 Å². The number of nitrogens with one attached hydrogen (secondary N) is 2. The molecule has 1 heterocycles. The molecule has 1 rings (SSSR count). The largest absolute Gasteiger partial charge is 0.480 e. The van der Waals surface area contributed by atoms with Crippen LogP contribution in [-0.2, 0) is 14.4 Å². The zero-order valence-corrected chi connectivity index (χ0v) is 12.1. The Kier molecular flexibility index (Phi) is 7.14. The number of carbonyl (C=O) groups excluding carboxylic acids is 2.